The van der Waals surface area contributed by atoms with E-state index in [-0.39, 0.29) is 0 Å². The van der Waals surface area contributed by atoms with Crippen LogP contribution in [-0.2, 0) is 0 Å². The summed E-state index contributed by atoms with van der Waals surface area (Å²) in [6.07, 6.45) is 2.01. The lowest BCUT2D eigenvalue weighted by Crippen LogP contribution is -1.94. The van der Waals surface area contributed by atoms with E-state index in [4.69, 9.17) is 16.6 Å². The van der Waals surface area contributed by atoms with Crippen molar-refractivity contribution in [2.45, 2.75) is 0 Å². The van der Waals surface area contributed by atoms with E-state index in [2.05, 4.69) is 34.0 Å². The first-order valence-corrected chi connectivity index (χ1v) is 7.82. The van der Waals surface area contributed by atoms with Crippen LogP contribution in [0.25, 0.3) is 38.4 Å². The fourth-order valence-electron chi connectivity index (χ4n) is 3.20. The average molecular weight is 318 g/mol. The number of para-hydroxylation sites is 1. The number of benzene rings is 3. The molecule has 0 radical (unpaired) electrons. The highest BCUT2D eigenvalue weighted by atomic mass is 35.5. The van der Waals surface area contributed by atoms with Gasteiger partial charge >= 0.3 is 0 Å². The van der Waals surface area contributed by atoms with Gasteiger partial charge in [0.25, 0.3) is 0 Å². The molecular weight excluding hydrogens is 306 g/mol. The molecule has 0 amide bonds. The van der Waals surface area contributed by atoms with Crippen molar-refractivity contribution in [2.75, 3.05) is 0 Å². The van der Waals surface area contributed by atoms with Crippen LogP contribution >= 0.6 is 11.6 Å². The van der Waals surface area contributed by atoms with Crippen molar-refractivity contribution in [1.29, 1.82) is 0 Å². The van der Waals surface area contributed by atoms with Crippen molar-refractivity contribution >= 4 is 44.3 Å². The Morgan fingerprint density at radius 2 is 1.74 bits per heavy atom. The van der Waals surface area contributed by atoms with Crippen LogP contribution in [0.3, 0.4) is 0 Å². The van der Waals surface area contributed by atoms with E-state index in [0.717, 1.165) is 43.4 Å². The number of nitrogens with one attached hydrogen (secondary N) is 1. The normalized spacial score (nSPS) is 11.7. The van der Waals surface area contributed by atoms with Crippen LogP contribution in [0.5, 0.6) is 0 Å². The van der Waals surface area contributed by atoms with Crippen LogP contribution in [0.1, 0.15) is 0 Å². The largest absolute Gasteiger partial charge is 0.300 e. The highest BCUT2D eigenvalue weighted by molar-refractivity contribution is 6.32. The first kappa shape index (κ1) is 12.7. The van der Waals surface area contributed by atoms with Gasteiger partial charge in [-0.25, -0.2) is 4.98 Å². The molecule has 0 fully saturated rings. The highest BCUT2D eigenvalue weighted by Crippen LogP contribution is 2.33. The highest BCUT2D eigenvalue weighted by Gasteiger charge is 2.12. The fourth-order valence-corrected chi connectivity index (χ4v) is 3.38. The monoisotopic (exact) mass is 317 g/mol. The molecule has 3 nitrogen and oxygen atoms in total. The molecule has 0 aliphatic carbocycles. The van der Waals surface area contributed by atoms with Gasteiger partial charge in [-0.1, -0.05) is 29.8 Å². The Morgan fingerprint density at radius 3 is 2.61 bits per heavy atom. The Morgan fingerprint density at radius 1 is 0.870 bits per heavy atom. The molecule has 0 aliphatic rings. The Bertz CT molecular complexity index is 1170. The summed E-state index contributed by atoms with van der Waals surface area (Å²) in [5.41, 5.74) is 4.19. The first-order chi connectivity index (χ1) is 11.3. The minimum atomic E-state index is 0.736. The number of rotatable bonds is 1. The van der Waals surface area contributed by atoms with E-state index in [1.54, 1.807) is 0 Å². The number of H-pyrrole nitrogens is 1. The smallest absolute Gasteiger partial charge is 0.0825 e. The van der Waals surface area contributed by atoms with Crippen LogP contribution in [0.4, 0.5) is 0 Å². The van der Waals surface area contributed by atoms with Crippen molar-refractivity contribution in [3.8, 4) is 5.69 Å². The molecule has 1 N–H and O–H groups in total. The number of hydrogen-bond donors (Lipinski definition) is 1. The molecule has 0 saturated carbocycles. The summed E-state index contributed by atoms with van der Waals surface area (Å²) >= 11 is 6.14. The number of aromatic nitrogens is 3. The van der Waals surface area contributed by atoms with E-state index in [0.29, 0.717) is 0 Å². The zero-order valence-electron chi connectivity index (χ0n) is 12.1. The van der Waals surface area contributed by atoms with Gasteiger partial charge in [0, 0.05) is 27.4 Å². The summed E-state index contributed by atoms with van der Waals surface area (Å²) in [5.74, 6) is 0. The van der Waals surface area contributed by atoms with Crippen LogP contribution in [0, 0.1) is 0 Å². The zero-order chi connectivity index (χ0) is 15.4. The van der Waals surface area contributed by atoms with Crippen molar-refractivity contribution in [3.05, 3.63) is 71.9 Å². The van der Waals surface area contributed by atoms with Gasteiger partial charge in [-0.3, -0.25) is 4.68 Å². The number of fused-ring (bicyclic) bond motifs is 5. The lowest BCUT2D eigenvalue weighted by Gasteiger charge is -2.04. The van der Waals surface area contributed by atoms with Crippen molar-refractivity contribution < 1.29 is 0 Å². The average Bonchev–Trinajstić information content (AvgIpc) is 3.16. The second-order valence-electron chi connectivity index (χ2n) is 5.61. The molecule has 110 valence electrons. The molecule has 0 unspecified atom stereocenters. The van der Waals surface area contributed by atoms with E-state index < -0.39 is 0 Å². The third kappa shape index (κ3) is 1.80. The zero-order valence-corrected chi connectivity index (χ0v) is 12.9. The van der Waals surface area contributed by atoms with Crippen LogP contribution < -0.4 is 0 Å². The van der Waals surface area contributed by atoms with Gasteiger partial charge in [0.05, 0.1) is 22.2 Å². The summed E-state index contributed by atoms with van der Waals surface area (Å²) in [7, 11) is 0. The number of nitrogens with zero attached hydrogens (tertiary/aromatic N) is 2. The lowest BCUT2D eigenvalue weighted by molar-refractivity contribution is 0.911. The minimum absolute atomic E-state index is 0.736. The maximum Gasteiger partial charge on any atom is 0.0825 e. The second kappa shape index (κ2) is 4.61. The lowest BCUT2D eigenvalue weighted by atomic mass is 10.1. The topological polar surface area (TPSA) is 33.6 Å². The SMILES string of the molecule is Clc1ccc2nc3c(ccc4c3c[nH]n4-c3ccccc3)c2c1. The van der Waals surface area contributed by atoms with Gasteiger partial charge in [0.15, 0.2) is 0 Å². The fraction of sp³-hybridized carbons (Fsp3) is 0. The summed E-state index contributed by atoms with van der Waals surface area (Å²) in [6.45, 7) is 0. The van der Waals surface area contributed by atoms with E-state index in [1.807, 2.05) is 42.6 Å². The molecular formula is C19H12ClN3. The quantitative estimate of drug-likeness (QED) is 0.446. The van der Waals surface area contributed by atoms with Crippen molar-refractivity contribution in [3.63, 3.8) is 0 Å². The van der Waals surface area contributed by atoms with E-state index in [1.165, 1.54) is 0 Å². The Labute approximate surface area is 137 Å². The van der Waals surface area contributed by atoms with Crippen LogP contribution in [0.15, 0.2) is 66.9 Å². The first-order valence-electron chi connectivity index (χ1n) is 7.44. The number of hydrogen-bond acceptors (Lipinski definition) is 1. The Hall–Kier alpha value is -2.78. The molecule has 0 spiro atoms. The van der Waals surface area contributed by atoms with E-state index >= 15 is 0 Å². The maximum absolute atomic E-state index is 6.14. The minimum Gasteiger partial charge on any atom is -0.300 e. The standard InChI is InChI=1S/C19H12ClN3/c20-12-6-8-17-15(10-12)14-7-9-18-16(19(14)22-17)11-21-23(18)13-4-2-1-3-5-13/h1-11,21H. The van der Waals surface area contributed by atoms with Gasteiger partial charge in [-0.15, -0.1) is 0 Å². The Kier molecular flexibility index (Phi) is 2.55. The maximum atomic E-state index is 6.14. The van der Waals surface area contributed by atoms with Crippen molar-refractivity contribution in [1.82, 2.24) is 14.8 Å². The summed E-state index contributed by atoms with van der Waals surface area (Å²) in [5, 5.41) is 7.41. The summed E-state index contributed by atoms with van der Waals surface area (Å²) in [4.78, 5) is 4.80. The molecule has 0 saturated heterocycles. The van der Waals surface area contributed by atoms with Gasteiger partial charge in [0.1, 0.15) is 0 Å². The molecule has 2 aromatic heterocycles. The molecule has 5 aromatic rings. The second-order valence-corrected chi connectivity index (χ2v) is 6.05. The predicted molar refractivity (Wildman–Crippen MR) is 95.4 cm³/mol. The Balaban J connectivity index is 1.88. The molecule has 0 atom stereocenters. The molecule has 0 aliphatic heterocycles. The van der Waals surface area contributed by atoms with Gasteiger partial charge < -0.3 is 5.10 Å². The number of halogens is 1. The molecule has 23 heavy (non-hydrogen) atoms. The third-order valence-corrected chi connectivity index (χ3v) is 4.50. The molecule has 5 rings (SSSR count). The molecule has 0 bridgehead atoms. The van der Waals surface area contributed by atoms with Gasteiger partial charge in [-0.2, -0.15) is 0 Å². The van der Waals surface area contributed by atoms with E-state index in [9.17, 15) is 0 Å². The third-order valence-electron chi connectivity index (χ3n) is 4.27. The molecule has 4 heteroatoms. The number of aromatic amines is 1. The summed E-state index contributed by atoms with van der Waals surface area (Å²) < 4.78 is 2.07. The van der Waals surface area contributed by atoms with Gasteiger partial charge in [0.2, 0.25) is 0 Å². The van der Waals surface area contributed by atoms with Crippen LogP contribution in [0.2, 0.25) is 5.02 Å². The summed E-state index contributed by atoms with van der Waals surface area (Å²) in [6, 6.07) is 20.3. The van der Waals surface area contributed by atoms with Crippen LogP contribution in [-0.4, -0.2) is 14.8 Å². The molecule has 2 heterocycles. The predicted octanol–water partition coefficient (Wildman–Crippen LogP) is 5.31. The molecule has 3 aromatic carbocycles. The van der Waals surface area contributed by atoms with Crippen molar-refractivity contribution in [2.24, 2.45) is 0 Å². The van der Waals surface area contributed by atoms with Gasteiger partial charge in [-0.05, 0) is 42.5 Å².